The number of fused-ring (bicyclic) bond motifs is 1. The molecule has 3 heterocycles. The van der Waals surface area contributed by atoms with E-state index in [-0.39, 0.29) is 18.0 Å². The van der Waals surface area contributed by atoms with Gasteiger partial charge in [0.25, 0.3) is 5.91 Å². The zero-order valence-electron chi connectivity index (χ0n) is 16.4. The standard InChI is InChI=1S/C21H29BrN4O2/c22-17-6-5-7-18(16-17)24-14-12-23(13-15-24)9-3-4-11-26-20(27)19-8-1-2-10-25(19)21(26)28/h5-7,16,19H,1-4,8-15H2/p+1. The van der Waals surface area contributed by atoms with Gasteiger partial charge in [-0.3, -0.25) is 9.69 Å². The van der Waals surface area contributed by atoms with Gasteiger partial charge in [0.2, 0.25) is 0 Å². The molecule has 1 aromatic carbocycles. The van der Waals surface area contributed by atoms with Crippen LogP contribution in [0.2, 0.25) is 0 Å². The van der Waals surface area contributed by atoms with Crippen molar-refractivity contribution in [2.75, 3.05) is 50.7 Å². The number of carbonyl (C=O) groups is 2. The van der Waals surface area contributed by atoms with Crippen LogP contribution in [0.4, 0.5) is 10.5 Å². The van der Waals surface area contributed by atoms with Crippen molar-refractivity contribution in [3.8, 4) is 0 Å². The molecule has 0 aliphatic carbocycles. The number of hydrogen-bond acceptors (Lipinski definition) is 3. The highest BCUT2D eigenvalue weighted by atomic mass is 79.9. The van der Waals surface area contributed by atoms with Crippen LogP contribution in [0.5, 0.6) is 0 Å². The summed E-state index contributed by atoms with van der Waals surface area (Å²) >= 11 is 3.55. The number of urea groups is 1. The number of anilines is 1. The third-order valence-electron chi connectivity index (χ3n) is 6.34. The quantitative estimate of drug-likeness (QED) is 0.531. The predicted molar refractivity (Wildman–Crippen MR) is 113 cm³/mol. The molecule has 0 aromatic heterocycles. The molecule has 0 spiro atoms. The van der Waals surface area contributed by atoms with E-state index >= 15 is 0 Å². The first-order chi connectivity index (χ1) is 13.6. The number of unbranched alkanes of at least 4 members (excludes halogenated alkanes) is 1. The van der Waals surface area contributed by atoms with E-state index in [4.69, 9.17) is 0 Å². The zero-order valence-corrected chi connectivity index (χ0v) is 18.0. The predicted octanol–water partition coefficient (Wildman–Crippen LogP) is 1.75. The van der Waals surface area contributed by atoms with Crippen LogP contribution in [-0.2, 0) is 4.79 Å². The number of imide groups is 1. The van der Waals surface area contributed by atoms with E-state index in [1.54, 1.807) is 9.80 Å². The maximum Gasteiger partial charge on any atom is 0.327 e. The van der Waals surface area contributed by atoms with Gasteiger partial charge in [-0.1, -0.05) is 22.0 Å². The minimum atomic E-state index is -0.169. The number of nitrogens with zero attached hydrogens (tertiary/aromatic N) is 3. The molecule has 3 saturated heterocycles. The van der Waals surface area contributed by atoms with E-state index in [0.29, 0.717) is 6.54 Å². The highest BCUT2D eigenvalue weighted by molar-refractivity contribution is 9.10. The maximum absolute atomic E-state index is 12.5. The van der Waals surface area contributed by atoms with Gasteiger partial charge in [0.15, 0.2) is 0 Å². The van der Waals surface area contributed by atoms with Crippen LogP contribution in [0.25, 0.3) is 0 Å². The number of hydrogen-bond donors (Lipinski definition) is 1. The van der Waals surface area contributed by atoms with E-state index in [2.05, 4.69) is 45.1 Å². The maximum atomic E-state index is 12.5. The second-order valence-corrected chi connectivity index (χ2v) is 9.07. The van der Waals surface area contributed by atoms with Crippen molar-refractivity contribution in [1.82, 2.24) is 9.80 Å². The van der Waals surface area contributed by atoms with E-state index in [1.807, 2.05) is 0 Å². The monoisotopic (exact) mass is 449 g/mol. The second kappa shape index (κ2) is 8.82. The Bertz CT molecular complexity index is 696. The fourth-order valence-electron chi connectivity index (χ4n) is 4.70. The molecule has 152 valence electrons. The van der Waals surface area contributed by atoms with Gasteiger partial charge in [-0.2, -0.15) is 0 Å². The number of quaternary nitrogens is 1. The fourth-order valence-corrected chi connectivity index (χ4v) is 5.09. The molecule has 6 nitrogen and oxygen atoms in total. The van der Waals surface area contributed by atoms with Gasteiger partial charge < -0.3 is 14.7 Å². The van der Waals surface area contributed by atoms with E-state index in [0.717, 1.165) is 75.8 Å². The summed E-state index contributed by atoms with van der Waals surface area (Å²) in [5.41, 5.74) is 1.29. The number of benzene rings is 1. The Kier molecular flexibility index (Phi) is 6.21. The molecule has 1 N–H and O–H groups in total. The summed E-state index contributed by atoms with van der Waals surface area (Å²) in [6.07, 6.45) is 4.90. The summed E-state index contributed by atoms with van der Waals surface area (Å²) in [7, 11) is 0. The Labute approximate surface area is 175 Å². The summed E-state index contributed by atoms with van der Waals surface area (Å²) in [6.45, 7) is 6.89. The Morgan fingerprint density at radius 2 is 1.89 bits per heavy atom. The molecule has 3 aliphatic heterocycles. The number of piperazine rings is 1. The number of piperidine rings is 1. The number of nitrogens with one attached hydrogen (secondary N) is 1. The van der Waals surface area contributed by atoms with Crippen LogP contribution in [0, 0.1) is 0 Å². The SMILES string of the molecule is O=C1C2CCCCN2C(=O)N1CCCC[NH+]1CCN(c2cccc(Br)c2)CC1. The van der Waals surface area contributed by atoms with Crippen molar-refractivity contribution < 1.29 is 14.5 Å². The first kappa shape index (κ1) is 19.7. The second-order valence-electron chi connectivity index (χ2n) is 8.15. The average molecular weight is 450 g/mol. The minimum absolute atomic E-state index is 0.0414. The molecule has 28 heavy (non-hydrogen) atoms. The van der Waals surface area contributed by atoms with Crippen molar-refractivity contribution in [3.05, 3.63) is 28.7 Å². The number of carbonyl (C=O) groups excluding carboxylic acids is 2. The minimum Gasteiger partial charge on any atom is -0.360 e. The lowest BCUT2D eigenvalue weighted by Gasteiger charge is -2.33. The third-order valence-corrected chi connectivity index (χ3v) is 6.83. The van der Waals surface area contributed by atoms with Crippen LogP contribution >= 0.6 is 15.9 Å². The van der Waals surface area contributed by atoms with Gasteiger partial charge in [0.1, 0.15) is 6.04 Å². The molecule has 3 aliphatic rings. The Hall–Kier alpha value is -1.60. The van der Waals surface area contributed by atoms with Crippen molar-refractivity contribution in [3.63, 3.8) is 0 Å². The lowest BCUT2D eigenvalue weighted by atomic mass is 10.0. The van der Waals surface area contributed by atoms with Crippen LogP contribution in [-0.4, -0.2) is 73.6 Å². The smallest absolute Gasteiger partial charge is 0.327 e. The fraction of sp³-hybridized carbons (Fsp3) is 0.619. The van der Waals surface area contributed by atoms with Crippen LogP contribution in [0.15, 0.2) is 28.7 Å². The Balaban J connectivity index is 1.17. The number of amides is 3. The largest absolute Gasteiger partial charge is 0.360 e. The Morgan fingerprint density at radius 3 is 2.64 bits per heavy atom. The molecular formula is C21H30BrN4O2+. The summed E-state index contributed by atoms with van der Waals surface area (Å²) < 4.78 is 1.13. The molecule has 4 rings (SSSR count). The summed E-state index contributed by atoms with van der Waals surface area (Å²) in [4.78, 5) is 32.3. The molecule has 1 atom stereocenters. The molecule has 0 bridgehead atoms. The van der Waals surface area contributed by atoms with Crippen LogP contribution in [0.1, 0.15) is 32.1 Å². The number of halogens is 1. The van der Waals surface area contributed by atoms with E-state index in [1.165, 1.54) is 10.6 Å². The first-order valence-corrected chi connectivity index (χ1v) is 11.4. The van der Waals surface area contributed by atoms with Crippen molar-refractivity contribution in [2.45, 2.75) is 38.1 Å². The molecule has 1 unspecified atom stereocenters. The van der Waals surface area contributed by atoms with Gasteiger partial charge >= 0.3 is 6.03 Å². The van der Waals surface area contributed by atoms with Gasteiger partial charge in [0, 0.05) is 23.2 Å². The van der Waals surface area contributed by atoms with Crippen molar-refractivity contribution >= 4 is 33.6 Å². The molecule has 0 saturated carbocycles. The van der Waals surface area contributed by atoms with Crippen molar-refractivity contribution in [2.24, 2.45) is 0 Å². The average Bonchev–Trinajstić information content (AvgIpc) is 2.96. The molecule has 7 heteroatoms. The molecule has 3 amide bonds. The van der Waals surface area contributed by atoms with Crippen LogP contribution < -0.4 is 9.80 Å². The molecule has 3 fully saturated rings. The van der Waals surface area contributed by atoms with Gasteiger partial charge in [-0.25, -0.2) is 4.79 Å². The van der Waals surface area contributed by atoms with E-state index < -0.39 is 0 Å². The van der Waals surface area contributed by atoms with Crippen molar-refractivity contribution in [1.29, 1.82) is 0 Å². The lowest BCUT2D eigenvalue weighted by Crippen LogP contribution is -3.14. The summed E-state index contributed by atoms with van der Waals surface area (Å²) in [5, 5.41) is 0. The molecular weight excluding hydrogens is 420 g/mol. The Morgan fingerprint density at radius 1 is 1.07 bits per heavy atom. The highest BCUT2D eigenvalue weighted by Gasteiger charge is 2.45. The summed E-state index contributed by atoms with van der Waals surface area (Å²) in [5.74, 6) is 0.0414. The normalized spacial score (nSPS) is 23.5. The third kappa shape index (κ3) is 4.20. The van der Waals surface area contributed by atoms with Gasteiger partial charge in [-0.05, 0) is 50.3 Å². The summed E-state index contributed by atoms with van der Waals surface area (Å²) in [6, 6.07) is 8.29. The van der Waals surface area contributed by atoms with Gasteiger partial charge in [0.05, 0.1) is 32.7 Å². The first-order valence-electron chi connectivity index (χ1n) is 10.6. The topological polar surface area (TPSA) is 48.3 Å². The van der Waals surface area contributed by atoms with Crippen LogP contribution in [0.3, 0.4) is 0 Å². The molecule has 1 aromatic rings. The van der Waals surface area contributed by atoms with Gasteiger partial charge in [-0.15, -0.1) is 0 Å². The zero-order chi connectivity index (χ0) is 19.5. The number of rotatable bonds is 6. The van der Waals surface area contributed by atoms with E-state index in [9.17, 15) is 9.59 Å². The molecule has 0 radical (unpaired) electrons. The lowest BCUT2D eigenvalue weighted by molar-refractivity contribution is -0.900. The highest BCUT2D eigenvalue weighted by Crippen LogP contribution is 2.26.